The Morgan fingerprint density at radius 3 is 2.37 bits per heavy atom. The van der Waals surface area contributed by atoms with Crippen LogP contribution in [0.5, 0.6) is 0 Å². The maximum atomic E-state index is 8.60. The first-order chi connectivity index (χ1) is 9.11. The minimum atomic E-state index is 0.0873. The zero-order valence-electron chi connectivity index (χ0n) is 10.8. The molecule has 0 saturated carbocycles. The number of hydrogen-bond donors (Lipinski definition) is 2. The number of aromatic nitrogens is 2. The van der Waals surface area contributed by atoms with E-state index in [9.17, 15) is 0 Å². The van der Waals surface area contributed by atoms with Crippen molar-refractivity contribution in [2.45, 2.75) is 6.92 Å². The number of anilines is 2. The van der Waals surface area contributed by atoms with Gasteiger partial charge in [0, 0.05) is 18.3 Å². The van der Waals surface area contributed by atoms with Crippen LogP contribution in [-0.2, 0) is 0 Å². The predicted octanol–water partition coefficient (Wildman–Crippen LogP) is 1.65. The average molecular weight is 257 g/mol. The van der Waals surface area contributed by atoms with Gasteiger partial charge in [-0.25, -0.2) is 0 Å². The molecule has 0 unspecified atom stereocenters. The molecule has 98 valence electrons. The Morgan fingerprint density at radius 1 is 1.16 bits per heavy atom. The Morgan fingerprint density at radius 2 is 1.84 bits per heavy atom. The van der Waals surface area contributed by atoms with Crippen LogP contribution in [0.2, 0.25) is 0 Å². The summed E-state index contributed by atoms with van der Waals surface area (Å²) in [5, 5.41) is 19.7. The molecule has 19 heavy (non-hydrogen) atoms. The topological polar surface area (TPSA) is 87.6 Å². The van der Waals surface area contributed by atoms with Crippen molar-refractivity contribution in [2.75, 3.05) is 11.9 Å². The average Bonchev–Trinajstić information content (AvgIpc) is 2.46. The third kappa shape index (κ3) is 2.79. The van der Waals surface area contributed by atoms with Crippen LogP contribution in [-0.4, -0.2) is 28.3 Å². The molecule has 2 aromatic rings. The van der Waals surface area contributed by atoms with E-state index in [0.717, 1.165) is 17.2 Å². The van der Waals surface area contributed by atoms with Crippen molar-refractivity contribution in [3.05, 3.63) is 47.7 Å². The van der Waals surface area contributed by atoms with Gasteiger partial charge in [-0.05, 0) is 43.3 Å². The van der Waals surface area contributed by atoms with Gasteiger partial charge in [0.2, 0.25) is 0 Å². The summed E-state index contributed by atoms with van der Waals surface area (Å²) < 4.78 is 0. The van der Waals surface area contributed by atoms with Crippen LogP contribution in [0.1, 0.15) is 11.3 Å². The second-order valence-electron chi connectivity index (χ2n) is 4.12. The molecule has 0 saturated heterocycles. The van der Waals surface area contributed by atoms with Crippen molar-refractivity contribution < 1.29 is 5.21 Å². The van der Waals surface area contributed by atoms with E-state index >= 15 is 0 Å². The Balaban J connectivity index is 2.24. The van der Waals surface area contributed by atoms with E-state index in [2.05, 4.69) is 15.4 Å². The Bertz CT molecular complexity index is 577. The van der Waals surface area contributed by atoms with Crippen LogP contribution in [0.3, 0.4) is 0 Å². The zero-order valence-corrected chi connectivity index (χ0v) is 10.8. The van der Waals surface area contributed by atoms with Gasteiger partial charge in [0.15, 0.2) is 11.7 Å². The molecule has 1 heterocycles. The van der Waals surface area contributed by atoms with Gasteiger partial charge in [-0.2, -0.15) is 5.10 Å². The van der Waals surface area contributed by atoms with Crippen LogP contribution in [0, 0.1) is 6.92 Å². The minimum absolute atomic E-state index is 0.0873. The number of amidine groups is 1. The number of rotatable bonds is 3. The van der Waals surface area contributed by atoms with Crippen molar-refractivity contribution >= 4 is 17.3 Å². The summed E-state index contributed by atoms with van der Waals surface area (Å²) in [6, 6.07) is 11.1. The molecule has 0 aliphatic carbocycles. The summed E-state index contributed by atoms with van der Waals surface area (Å²) in [6.07, 6.45) is 0. The van der Waals surface area contributed by atoms with E-state index < -0.39 is 0 Å². The molecule has 0 atom stereocenters. The Labute approximate surface area is 111 Å². The van der Waals surface area contributed by atoms with Crippen LogP contribution in [0.25, 0.3) is 0 Å². The largest absolute Gasteiger partial charge is 0.409 e. The lowest BCUT2D eigenvalue weighted by Gasteiger charge is -2.17. The summed E-state index contributed by atoms with van der Waals surface area (Å²) >= 11 is 0. The summed E-state index contributed by atoms with van der Waals surface area (Å²) in [5.41, 5.74) is 7.99. The van der Waals surface area contributed by atoms with Gasteiger partial charge in [-0.1, -0.05) is 5.16 Å². The lowest BCUT2D eigenvalue weighted by Crippen LogP contribution is -2.14. The summed E-state index contributed by atoms with van der Waals surface area (Å²) in [7, 11) is 1.90. The van der Waals surface area contributed by atoms with E-state index in [1.54, 1.807) is 12.1 Å². The van der Waals surface area contributed by atoms with Gasteiger partial charge in [0.25, 0.3) is 0 Å². The molecule has 6 heteroatoms. The van der Waals surface area contributed by atoms with E-state index in [1.807, 2.05) is 43.1 Å². The zero-order chi connectivity index (χ0) is 13.8. The Kier molecular flexibility index (Phi) is 3.61. The van der Waals surface area contributed by atoms with Crippen molar-refractivity contribution in [3.8, 4) is 0 Å². The van der Waals surface area contributed by atoms with Crippen LogP contribution >= 0.6 is 0 Å². The third-order valence-corrected chi connectivity index (χ3v) is 2.79. The molecule has 1 aromatic carbocycles. The molecular formula is C13H15N5O. The number of hydrogen-bond acceptors (Lipinski definition) is 5. The first kappa shape index (κ1) is 12.8. The molecule has 0 aliphatic heterocycles. The number of nitrogens with zero attached hydrogens (tertiary/aromatic N) is 4. The van der Waals surface area contributed by atoms with E-state index in [-0.39, 0.29) is 5.84 Å². The maximum Gasteiger partial charge on any atom is 0.170 e. The fraction of sp³-hybridized carbons (Fsp3) is 0.154. The highest BCUT2D eigenvalue weighted by Gasteiger charge is 2.06. The van der Waals surface area contributed by atoms with E-state index in [1.165, 1.54) is 0 Å². The molecule has 2 rings (SSSR count). The lowest BCUT2D eigenvalue weighted by molar-refractivity contribution is 0.318. The van der Waals surface area contributed by atoms with Crippen molar-refractivity contribution in [1.82, 2.24) is 10.2 Å². The molecule has 3 N–H and O–H groups in total. The number of oxime groups is 1. The van der Waals surface area contributed by atoms with Crippen LogP contribution in [0.15, 0.2) is 41.6 Å². The Hall–Kier alpha value is -2.63. The van der Waals surface area contributed by atoms with Gasteiger partial charge in [-0.15, -0.1) is 5.10 Å². The highest BCUT2D eigenvalue weighted by Crippen LogP contribution is 2.21. The number of aryl methyl sites for hydroxylation is 1. The molecule has 0 aliphatic rings. The summed E-state index contributed by atoms with van der Waals surface area (Å²) in [4.78, 5) is 1.91. The highest BCUT2D eigenvalue weighted by atomic mass is 16.4. The van der Waals surface area contributed by atoms with E-state index in [4.69, 9.17) is 10.9 Å². The first-order valence-electron chi connectivity index (χ1n) is 5.74. The normalized spacial score (nSPS) is 11.4. The lowest BCUT2D eigenvalue weighted by atomic mass is 10.2. The van der Waals surface area contributed by atoms with Crippen molar-refractivity contribution in [2.24, 2.45) is 10.9 Å². The summed E-state index contributed by atoms with van der Waals surface area (Å²) in [6.45, 7) is 1.89. The fourth-order valence-electron chi connectivity index (χ4n) is 1.62. The second kappa shape index (κ2) is 5.34. The van der Waals surface area contributed by atoms with E-state index in [0.29, 0.717) is 5.56 Å². The van der Waals surface area contributed by atoms with Crippen LogP contribution < -0.4 is 10.6 Å². The van der Waals surface area contributed by atoms with Gasteiger partial charge in [-0.3, -0.25) is 0 Å². The smallest absolute Gasteiger partial charge is 0.170 e. The summed E-state index contributed by atoms with van der Waals surface area (Å²) in [5.74, 6) is 0.839. The van der Waals surface area contributed by atoms with Gasteiger partial charge < -0.3 is 15.8 Å². The standard InChI is InChI=1S/C13H15N5O/c1-9-3-8-12(16-15-9)18(2)11-6-4-10(5-7-11)13(14)17-19/h3-8,19H,1-2H3,(H2,14,17). The fourth-order valence-corrected chi connectivity index (χ4v) is 1.62. The highest BCUT2D eigenvalue weighted by molar-refractivity contribution is 5.97. The van der Waals surface area contributed by atoms with Crippen molar-refractivity contribution in [1.29, 1.82) is 0 Å². The molecular weight excluding hydrogens is 242 g/mol. The third-order valence-electron chi connectivity index (χ3n) is 2.79. The molecule has 6 nitrogen and oxygen atoms in total. The molecule has 1 aromatic heterocycles. The number of benzene rings is 1. The molecule has 0 bridgehead atoms. The molecule has 0 spiro atoms. The SMILES string of the molecule is Cc1ccc(N(C)c2ccc(C(N)=NO)cc2)nn1. The van der Waals surface area contributed by atoms with Crippen molar-refractivity contribution in [3.63, 3.8) is 0 Å². The van der Waals surface area contributed by atoms with Gasteiger partial charge in [0.1, 0.15) is 0 Å². The predicted molar refractivity (Wildman–Crippen MR) is 73.8 cm³/mol. The molecule has 0 amide bonds. The molecule has 0 fully saturated rings. The quantitative estimate of drug-likeness (QED) is 0.378. The number of nitrogens with two attached hydrogens (primary N) is 1. The first-order valence-corrected chi connectivity index (χ1v) is 5.74. The molecule has 0 radical (unpaired) electrons. The van der Waals surface area contributed by atoms with Gasteiger partial charge >= 0.3 is 0 Å². The second-order valence-corrected chi connectivity index (χ2v) is 4.12. The van der Waals surface area contributed by atoms with Gasteiger partial charge in [0.05, 0.1) is 5.69 Å². The monoisotopic (exact) mass is 257 g/mol. The van der Waals surface area contributed by atoms with Crippen LogP contribution in [0.4, 0.5) is 11.5 Å². The minimum Gasteiger partial charge on any atom is -0.409 e. The maximum absolute atomic E-state index is 8.60.